The number of nitrogen functional groups attached to an aromatic ring is 1. The van der Waals surface area contributed by atoms with Crippen LogP contribution in [-0.4, -0.2) is 17.0 Å². The van der Waals surface area contributed by atoms with Gasteiger partial charge in [0.25, 0.3) is 0 Å². The molecule has 0 atom stereocenters. The number of hydrogen-bond donors (Lipinski definition) is 1. The van der Waals surface area contributed by atoms with E-state index < -0.39 is 0 Å². The van der Waals surface area contributed by atoms with E-state index in [9.17, 15) is 0 Å². The molecule has 0 saturated heterocycles. The zero-order valence-corrected chi connectivity index (χ0v) is 10.1. The monoisotopic (exact) mass is 228 g/mol. The van der Waals surface area contributed by atoms with Crippen molar-refractivity contribution in [3.63, 3.8) is 0 Å². The third kappa shape index (κ3) is 2.93. The van der Waals surface area contributed by atoms with E-state index in [2.05, 4.69) is 20.9 Å². The van der Waals surface area contributed by atoms with Gasteiger partial charge in [0.15, 0.2) is 0 Å². The Morgan fingerprint density at radius 3 is 2.82 bits per heavy atom. The topological polar surface area (TPSA) is 55.0 Å². The quantitative estimate of drug-likeness (QED) is 0.816. The third-order valence-electron chi connectivity index (χ3n) is 2.52. The first-order valence-electron chi connectivity index (χ1n) is 5.50. The molecule has 4 nitrogen and oxygen atoms in total. The maximum Gasteiger partial charge on any atom is 0.132 e. The van der Waals surface area contributed by atoms with Gasteiger partial charge in [0, 0.05) is 25.5 Å². The van der Waals surface area contributed by atoms with Crippen LogP contribution in [0.4, 0.5) is 11.5 Å². The molecule has 1 aromatic carbocycles. The van der Waals surface area contributed by atoms with Gasteiger partial charge in [-0.1, -0.05) is 12.1 Å². The van der Waals surface area contributed by atoms with Gasteiger partial charge in [-0.25, -0.2) is 9.97 Å². The molecule has 0 spiro atoms. The molecule has 0 fully saturated rings. The fourth-order valence-corrected chi connectivity index (χ4v) is 1.70. The molecule has 2 rings (SSSR count). The molecule has 1 heterocycles. The van der Waals surface area contributed by atoms with Gasteiger partial charge in [-0.3, -0.25) is 0 Å². The average Bonchev–Trinajstić information content (AvgIpc) is 2.29. The lowest BCUT2D eigenvalue weighted by Crippen LogP contribution is -2.18. The number of anilines is 2. The molecular formula is C13H16N4. The third-order valence-corrected chi connectivity index (χ3v) is 2.52. The van der Waals surface area contributed by atoms with Crippen molar-refractivity contribution in [3.05, 3.63) is 47.9 Å². The second-order valence-corrected chi connectivity index (χ2v) is 4.06. The maximum absolute atomic E-state index is 5.75. The van der Waals surface area contributed by atoms with Crippen LogP contribution in [0.25, 0.3) is 0 Å². The van der Waals surface area contributed by atoms with Gasteiger partial charge in [-0.15, -0.1) is 0 Å². The fourth-order valence-electron chi connectivity index (χ4n) is 1.70. The summed E-state index contributed by atoms with van der Waals surface area (Å²) in [7, 11) is 2.00. The Morgan fingerprint density at radius 2 is 2.12 bits per heavy atom. The van der Waals surface area contributed by atoms with Crippen molar-refractivity contribution in [1.82, 2.24) is 9.97 Å². The zero-order chi connectivity index (χ0) is 12.3. The number of aromatic nitrogens is 2. The number of nitrogens with two attached hydrogens (primary N) is 1. The number of benzene rings is 1. The van der Waals surface area contributed by atoms with Gasteiger partial charge in [-0.2, -0.15) is 0 Å². The van der Waals surface area contributed by atoms with E-state index in [-0.39, 0.29) is 0 Å². The molecule has 0 bridgehead atoms. The van der Waals surface area contributed by atoms with Crippen molar-refractivity contribution >= 4 is 11.5 Å². The normalized spacial score (nSPS) is 10.2. The highest BCUT2D eigenvalue weighted by Gasteiger charge is 2.04. The highest BCUT2D eigenvalue weighted by atomic mass is 15.2. The Balaban J connectivity index is 2.14. The lowest BCUT2D eigenvalue weighted by molar-refractivity contribution is 0.879. The second-order valence-electron chi connectivity index (χ2n) is 4.06. The predicted molar refractivity (Wildman–Crippen MR) is 69.7 cm³/mol. The van der Waals surface area contributed by atoms with Crippen LogP contribution in [0.15, 0.2) is 36.5 Å². The highest BCUT2D eigenvalue weighted by Crippen LogP contribution is 2.13. The summed E-state index contributed by atoms with van der Waals surface area (Å²) in [4.78, 5) is 10.5. The Labute approximate surface area is 101 Å². The Bertz CT molecular complexity index is 510. The molecule has 0 radical (unpaired) electrons. The number of rotatable bonds is 3. The van der Waals surface area contributed by atoms with Crippen LogP contribution < -0.4 is 10.6 Å². The minimum absolute atomic E-state index is 0.779. The largest absolute Gasteiger partial charge is 0.399 e. The first kappa shape index (κ1) is 11.4. The lowest BCUT2D eigenvalue weighted by Gasteiger charge is -2.18. The number of aryl methyl sites for hydroxylation is 1. The van der Waals surface area contributed by atoms with Crippen LogP contribution in [0.5, 0.6) is 0 Å². The van der Waals surface area contributed by atoms with E-state index in [1.807, 2.05) is 38.2 Å². The smallest absolute Gasteiger partial charge is 0.132 e. The first-order valence-corrected chi connectivity index (χ1v) is 5.50. The van der Waals surface area contributed by atoms with E-state index in [1.165, 1.54) is 5.56 Å². The summed E-state index contributed by atoms with van der Waals surface area (Å²) >= 11 is 0. The van der Waals surface area contributed by atoms with Gasteiger partial charge in [0.2, 0.25) is 0 Å². The molecule has 4 heteroatoms. The molecule has 0 amide bonds. The van der Waals surface area contributed by atoms with Gasteiger partial charge >= 0.3 is 0 Å². The molecule has 0 aliphatic heterocycles. The minimum atomic E-state index is 0.779. The van der Waals surface area contributed by atoms with E-state index in [4.69, 9.17) is 5.73 Å². The molecule has 0 aliphatic rings. The number of hydrogen-bond acceptors (Lipinski definition) is 4. The van der Waals surface area contributed by atoms with E-state index in [0.717, 1.165) is 23.9 Å². The second kappa shape index (κ2) is 4.82. The number of nitrogens with zero attached hydrogens (tertiary/aromatic N) is 3. The molecule has 2 N–H and O–H groups in total. The first-order chi connectivity index (χ1) is 8.15. The summed E-state index contributed by atoms with van der Waals surface area (Å²) in [6.45, 7) is 2.67. The molecule has 1 aromatic heterocycles. The summed E-state index contributed by atoms with van der Waals surface area (Å²) in [5.41, 5.74) is 7.71. The van der Waals surface area contributed by atoms with Crippen molar-refractivity contribution in [2.45, 2.75) is 13.5 Å². The summed E-state index contributed by atoms with van der Waals surface area (Å²) in [5.74, 6) is 1.70. The predicted octanol–water partition coefficient (Wildman–Crippen LogP) is 2.00. The molecule has 88 valence electrons. The summed E-state index contributed by atoms with van der Waals surface area (Å²) in [5, 5.41) is 0. The maximum atomic E-state index is 5.75. The minimum Gasteiger partial charge on any atom is -0.399 e. The van der Waals surface area contributed by atoms with Crippen molar-refractivity contribution in [2.24, 2.45) is 0 Å². The zero-order valence-electron chi connectivity index (χ0n) is 10.1. The fraction of sp³-hybridized carbons (Fsp3) is 0.231. The molecule has 0 saturated carbocycles. The molecule has 0 aliphatic carbocycles. The van der Waals surface area contributed by atoms with Gasteiger partial charge < -0.3 is 10.6 Å². The summed E-state index contributed by atoms with van der Waals surface area (Å²) < 4.78 is 0. The Kier molecular flexibility index (Phi) is 3.23. The van der Waals surface area contributed by atoms with E-state index in [0.29, 0.717) is 0 Å². The standard InChI is InChI=1S/C13H16N4/c1-10-15-7-6-13(16-10)17(2)9-11-4-3-5-12(14)8-11/h3-8H,9,14H2,1-2H3. The van der Waals surface area contributed by atoms with Crippen molar-refractivity contribution in [3.8, 4) is 0 Å². The highest BCUT2D eigenvalue weighted by molar-refractivity contribution is 5.43. The van der Waals surface area contributed by atoms with E-state index in [1.54, 1.807) is 6.20 Å². The summed E-state index contributed by atoms with van der Waals surface area (Å²) in [6, 6.07) is 9.78. The van der Waals surface area contributed by atoms with Crippen molar-refractivity contribution in [2.75, 3.05) is 17.7 Å². The van der Waals surface area contributed by atoms with E-state index >= 15 is 0 Å². The van der Waals surface area contributed by atoms with Crippen LogP contribution in [0, 0.1) is 6.92 Å². The van der Waals surface area contributed by atoms with Gasteiger partial charge in [0.05, 0.1) is 0 Å². The molecule has 17 heavy (non-hydrogen) atoms. The molecule has 0 unspecified atom stereocenters. The Hall–Kier alpha value is -2.10. The van der Waals surface area contributed by atoms with Crippen molar-refractivity contribution < 1.29 is 0 Å². The van der Waals surface area contributed by atoms with Crippen LogP contribution in [0.2, 0.25) is 0 Å². The van der Waals surface area contributed by atoms with Crippen LogP contribution in [0.3, 0.4) is 0 Å². The van der Waals surface area contributed by atoms with Gasteiger partial charge in [-0.05, 0) is 30.7 Å². The molecule has 2 aromatic rings. The average molecular weight is 228 g/mol. The SMILES string of the molecule is Cc1nccc(N(C)Cc2cccc(N)c2)n1. The van der Waals surface area contributed by atoms with Crippen LogP contribution >= 0.6 is 0 Å². The molecular weight excluding hydrogens is 212 g/mol. The van der Waals surface area contributed by atoms with Crippen LogP contribution in [0.1, 0.15) is 11.4 Å². The van der Waals surface area contributed by atoms with Crippen molar-refractivity contribution in [1.29, 1.82) is 0 Å². The van der Waals surface area contributed by atoms with Gasteiger partial charge in [0.1, 0.15) is 11.6 Å². The Morgan fingerprint density at radius 1 is 1.29 bits per heavy atom. The lowest BCUT2D eigenvalue weighted by atomic mass is 10.2. The summed E-state index contributed by atoms with van der Waals surface area (Å²) in [6.07, 6.45) is 1.77. The van der Waals surface area contributed by atoms with Crippen LogP contribution in [-0.2, 0) is 6.54 Å².